The Labute approximate surface area is 99.1 Å². The van der Waals surface area contributed by atoms with E-state index in [1.807, 2.05) is 12.1 Å². The summed E-state index contributed by atoms with van der Waals surface area (Å²) in [5, 5.41) is 18.7. The molecule has 2 rings (SSSR count). The molecule has 0 atom stereocenters. The molecule has 0 bridgehead atoms. The fraction of sp³-hybridized carbons (Fsp3) is 0. The second-order valence-electron chi connectivity index (χ2n) is 3.54. The minimum absolute atomic E-state index is 0.00674. The zero-order chi connectivity index (χ0) is 12.3. The fourth-order valence-electron chi connectivity index (χ4n) is 1.37. The molecular weight excluding hydrogens is 214 g/mol. The molecule has 4 N–H and O–H groups in total. The van der Waals surface area contributed by atoms with E-state index in [4.69, 9.17) is 10.8 Å². The highest BCUT2D eigenvalue weighted by atomic mass is 16.3. The lowest BCUT2D eigenvalue weighted by Gasteiger charge is -1.98. The molecule has 0 radical (unpaired) electrons. The van der Waals surface area contributed by atoms with Crippen molar-refractivity contribution >= 4 is 5.69 Å². The number of phenolic OH excluding ortho intramolecular Hbond substituents is 2. The maximum atomic E-state index is 9.54. The van der Waals surface area contributed by atoms with Gasteiger partial charge >= 0.3 is 0 Å². The van der Waals surface area contributed by atoms with Gasteiger partial charge in [0, 0.05) is 17.3 Å². The van der Waals surface area contributed by atoms with Gasteiger partial charge in [-0.25, -0.2) is 0 Å². The van der Waals surface area contributed by atoms with Crippen molar-refractivity contribution < 1.29 is 10.2 Å². The number of phenols is 2. The molecule has 0 fully saturated rings. The van der Waals surface area contributed by atoms with Crippen LogP contribution in [-0.4, -0.2) is 10.2 Å². The summed E-state index contributed by atoms with van der Waals surface area (Å²) >= 11 is 0. The minimum Gasteiger partial charge on any atom is -0.508 e. The summed E-state index contributed by atoms with van der Waals surface area (Å²) in [7, 11) is 0. The number of aromatic hydroxyl groups is 2. The molecule has 0 saturated heterocycles. The number of anilines is 1. The Morgan fingerprint density at radius 2 is 1.59 bits per heavy atom. The van der Waals surface area contributed by atoms with Crippen molar-refractivity contribution in [3.8, 4) is 23.3 Å². The third-order valence-electron chi connectivity index (χ3n) is 2.27. The van der Waals surface area contributed by atoms with Gasteiger partial charge in [0.05, 0.1) is 5.56 Å². The van der Waals surface area contributed by atoms with E-state index in [0.717, 1.165) is 0 Å². The van der Waals surface area contributed by atoms with Crippen LogP contribution >= 0.6 is 0 Å². The Kier molecular flexibility index (Phi) is 2.89. The molecular formula is C14H11NO2. The van der Waals surface area contributed by atoms with E-state index in [-0.39, 0.29) is 11.5 Å². The van der Waals surface area contributed by atoms with Crippen LogP contribution in [0.3, 0.4) is 0 Å². The van der Waals surface area contributed by atoms with Gasteiger partial charge in [-0.3, -0.25) is 0 Å². The van der Waals surface area contributed by atoms with Gasteiger partial charge in [0.2, 0.25) is 0 Å². The summed E-state index contributed by atoms with van der Waals surface area (Å²) in [5.41, 5.74) is 7.50. The first-order chi connectivity index (χ1) is 8.16. The molecule has 84 valence electrons. The highest BCUT2D eigenvalue weighted by Gasteiger charge is 1.98. The van der Waals surface area contributed by atoms with Crippen molar-refractivity contribution in [3.05, 3.63) is 53.6 Å². The SMILES string of the molecule is Nc1ccccc1C#Cc1ccc(O)cc1O. The van der Waals surface area contributed by atoms with E-state index >= 15 is 0 Å². The summed E-state index contributed by atoms with van der Waals surface area (Å²) in [6.45, 7) is 0. The van der Waals surface area contributed by atoms with Gasteiger partial charge in [-0.05, 0) is 24.3 Å². The average molecular weight is 225 g/mol. The van der Waals surface area contributed by atoms with Crippen molar-refractivity contribution in [1.82, 2.24) is 0 Å². The molecule has 0 aliphatic rings. The molecule has 0 unspecified atom stereocenters. The van der Waals surface area contributed by atoms with E-state index in [1.165, 1.54) is 12.1 Å². The summed E-state index contributed by atoms with van der Waals surface area (Å²) in [6.07, 6.45) is 0. The topological polar surface area (TPSA) is 66.5 Å². The van der Waals surface area contributed by atoms with Crippen molar-refractivity contribution in [3.63, 3.8) is 0 Å². The predicted molar refractivity (Wildman–Crippen MR) is 66.6 cm³/mol. The molecule has 3 heteroatoms. The van der Waals surface area contributed by atoms with Crippen LogP contribution in [0.15, 0.2) is 42.5 Å². The summed E-state index contributed by atoms with van der Waals surface area (Å²) in [6, 6.07) is 11.5. The smallest absolute Gasteiger partial charge is 0.134 e. The van der Waals surface area contributed by atoms with E-state index in [1.54, 1.807) is 18.2 Å². The number of para-hydroxylation sites is 1. The summed E-state index contributed by atoms with van der Waals surface area (Å²) in [5.74, 6) is 5.64. The van der Waals surface area contributed by atoms with E-state index in [2.05, 4.69) is 11.8 Å². The lowest BCUT2D eigenvalue weighted by Crippen LogP contribution is -1.88. The standard InChI is InChI=1S/C14H11NO2/c15-13-4-2-1-3-10(13)5-6-11-7-8-12(16)9-14(11)17/h1-4,7-9,16-17H,15H2. The molecule has 0 spiro atoms. The van der Waals surface area contributed by atoms with Gasteiger partial charge in [-0.15, -0.1) is 0 Å². The highest BCUT2D eigenvalue weighted by Crippen LogP contribution is 2.21. The van der Waals surface area contributed by atoms with Crippen LogP contribution in [-0.2, 0) is 0 Å². The molecule has 3 nitrogen and oxygen atoms in total. The second kappa shape index (κ2) is 4.50. The maximum Gasteiger partial charge on any atom is 0.134 e. The summed E-state index contributed by atoms with van der Waals surface area (Å²) < 4.78 is 0. The molecule has 0 aliphatic carbocycles. The largest absolute Gasteiger partial charge is 0.508 e. The number of benzene rings is 2. The van der Waals surface area contributed by atoms with Gasteiger partial charge in [0.1, 0.15) is 11.5 Å². The summed E-state index contributed by atoms with van der Waals surface area (Å²) in [4.78, 5) is 0. The minimum atomic E-state index is -0.0491. The number of nitrogens with two attached hydrogens (primary N) is 1. The van der Waals surface area contributed by atoms with Gasteiger partial charge in [-0.1, -0.05) is 24.0 Å². The molecule has 0 aromatic heterocycles. The Bertz CT molecular complexity index is 609. The first-order valence-corrected chi connectivity index (χ1v) is 5.05. The first-order valence-electron chi connectivity index (χ1n) is 5.05. The average Bonchev–Trinajstić information content (AvgIpc) is 2.30. The van der Waals surface area contributed by atoms with Crippen LogP contribution < -0.4 is 5.73 Å². The van der Waals surface area contributed by atoms with E-state index < -0.39 is 0 Å². The maximum absolute atomic E-state index is 9.54. The number of hydrogen-bond acceptors (Lipinski definition) is 3. The van der Waals surface area contributed by atoms with Crippen LogP contribution in [0.2, 0.25) is 0 Å². The second-order valence-corrected chi connectivity index (χ2v) is 3.54. The Morgan fingerprint density at radius 3 is 2.29 bits per heavy atom. The van der Waals surface area contributed by atoms with Crippen LogP contribution in [0.4, 0.5) is 5.69 Å². The highest BCUT2D eigenvalue weighted by molar-refractivity contribution is 5.59. The zero-order valence-electron chi connectivity index (χ0n) is 9.01. The van der Waals surface area contributed by atoms with Crippen molar-refractivity contribution in [2.24, 2.45) is 0 Å². The molecule has 0 aliphatic heterocycles. The monoisotopic (exact) mass is 225 g/mol. The molecule has 0 amide bonds. The van der Waals surface area contributed by atoms with Gasteiger partial charge < -0.3 is 15.9 Å². The van der Waals surface area contributed by atoms with Crippen molar-refractivity contribution in [2.75, 3.05) is 5.73 Å². The van der Waals surface area contributed by atoms with Crippen molar-refractivity contribution in [1.29, 1.82) is 0 Å². The van der Waals surface area contributed by atoms with Crippen molar-refractivity contribution in [2.45, 2.75) is 0 Å². The lowest BCUT2D eigenvalue weighted by molar-refractivity contribution is 0.449. The molecule has 2 aromatic carbocycles. The first kappa shape index (κ1) is 10.9. The third-order valence-corrected chi connectivity index (χ3v) is 2.27. The fourth-order valence-corrected chi connectivity index (χ4v) is 1.37. The van der Waals surface area contributed by atoms with Crippen LogP contribution in [0, 0.1) is 11.8 Å². The van der Waals surface area contributed by atoms with Crippen LogP contribution in [0.5, 0.6) is 11.5 Å². The van der Waals surface area contributed by atoms with Gasteiger partial charge in [0.25, 0.3) is 0 Å². The zero-order valence-corrected chi connectivity index (χ0v) is 9.01. The third kappa shape index (κ3) is 2.50. The number of hydrogen-bond donors (Lipinski definition) is 3. The predicted octanol–water partition coefficient (Wildman–Crippen LogP) is 2.08. The molecule has 17 heavy (non-hydrogen) atoms. The van der Waals surface area contributed by atoms with Crippen LogP contribution in [0.25, 0.3) is 0 Å². The normalized spacial score (nSPS) is 9.41. The Balaban J connectivity index is 2.37. The molecule has 0 saturated carbocycles. The Morgan fingerprint density at radius 1 is 0.882 bits per heavy atom. The number of rotatable bonds is 0. The quantitative estimate of drug-likeness (QED) is 0.475. The molecule has 2 aromatic rings. The van der Waals surface area contributed by atoms with Gasteiger partial charge in [-0.2, -0.15) is 0 Å². The van der Waals surface area contributed by atoms with Crippen LogP contribution in [0.1, 0.15) is 11.1 Å². The lowest BCUT2D eigenvalue weighted by atomic mass is 10.1. The molecule has 0 heterocycles. The number of nitrogen functional groups attached to an aromatic ring is 1. The van der Waals surface area contributed by atoms with Gasteiger partial charge in [0.15, 0.2) is 0 Å². The van der Waals surface area contributed by atoms with E-state index in [0.29, 0.717) is 16.8 Å². The van der Waals surface area contributed by atoms with E-state index in [9.17, 15) is 5.11 Å². The Hall–Kier alpha value is -2.60.